The van der Waals surface area contributed by atoms with Crippen molar-refractivity contribution in [2.24, 2.45) is 5.92 Å². The Labute approximate surface area is 79.8 Å². The van der Waals surface area contributed by atoms with E-state index in [0.717, 1.165) is 12.8 Å². The smallest absolute Gasteiger partial charge is 0.306 e. The second-order valence-electron chi connectivity index (χ2n) is 3.93. The van der Waals surface area contributed by atoms with Crippen molar-refractivity contribution in [2.75, 3.05) is 0 Å². The molecule has 0 rings (SSSR count). The maximum absolute atomic E-state index is 10.5. The van der Waals surface area contributed by atoms with Crippen LogP contribution < -0.4 is 0 Å². The van der Waals surface area contributed by atoms with Crippen molar-refractivity contribution in [1.29, 1.82) is 0 Å². The predicted molar refractivity (Wildman–Crippen MR) is 51.6 cm³/mol. The highest BCUT2D eigenvalue weighted by Crippen LogP contribution is 2.27. The highest BCUT2D eigenvalue weighted by Gasteiger charge is 2.32. The van der Waals surface area contributed by atoms with Crippen molar-refractivity contribution in [3.8, 4) is 0 Å². The third-order valence-electron chi connectivity index (χ3n) is 2.50. The first kappa shape index (κ1) is 12.4. The molecule has 0 saturated heterocycles. The molecule has 0 radical (unpaired) electrons. The van der Waals surface area contributed by atoms with Crippen LogP contribution in [0, 0.1) is 5.92 Å². The van der Waals surface area contributed by atoms with Crippen LogP contribution in [0.15, 0.2) is 0 Å². The second kappa shape index (κ2) is 5.22. The standard InChI is InChI=1S/C10H20O3/c1-4-5-6-10(13,8(2)3)7-9(11)12/h8,13H,4-7H2,1-3H3,(H,11,12). The number of carboxylic acids is 1. The molecule has 3 nitrogen and oxygen atoms in total. The minimum absolute atomic E-state index is 0.00449. The van der Waals surface area contributed by atoms with E-state index in [1.54, 1.807) is 0 Å². The summed E-state index contributed by atoms with van der Waals surface area (Å²) in [6, 6.07) is 0. The summed E-state index contributed by atoms with van der Waals surface area (Å²) < 4.78 is 0. The molecule has 0 spiro atoms. The third-order valence-corrected chi connectivity index (χ3v) is 2.50. The van der Waals surface area contributed by atoms with Gasteiger partial charge in [-0.05, 0) is 12.3 Å². The van der Waals surface area contributed by atoms with Gasteiger partial charge in [0.1, 0.15) is 0 Å². The van der Waals surface area contributed by atoms with Crippen molar-refractivity contribution in [1.82, 2.24) is 0 Å². The maximum Gasteiger partial charge on any atom is 0.306 e. The van der Waals surface area contributed by atoms with Crippen LogP contribution in [0.1, 0.15) is 46.5 Å². The molecule has 0 saturated carbocycles. The van der Waals surface area contributed by atoms with Crippen LogP contribution in [0.5, 0.6) is 0 Å². The van der Waals surface area contributed by atoms with Gasteiger partial charge in [-0.3, -0.25) is 4.79 Å². The Bertz CT molecular complexity index is 166. The van der Waals surface area contributed by atoms with E-state index in [0.29, 0.717) is 6.42 Å². The zero-order valence-corrected chi connectivity index (χ0v) is 8.71. The zero-order valence-electron chi connectivity index (χ0n) is 8.71. The molecule has 13 heavy (non-hydrogen) atoms. The van der Waals surface area contributed by atoms with Crippen LogP contribution in [0.4, 0.5) is 0 Å². The molecule has 0 bridgehead atoms. The van der Waals surface area contributed by atoms with Crippen molar-refractivity contribution in [3.63, 3.8) is 0 Å². The summed E-state index contributed by atoms with van der Waals surface area (Å²) in [6.45, 7) is 5.75. The molecule has 0 aliphatic carbocycles. The number of rotatable bonds is 6. The molecular formula is C10H20O3. The van der Waals surface area contributed by atoms with Gasteiger partial charge in [-0.2, -0.15) is 0 Å². The zero-order chi connectivity index (χ0) is 10.5. The van der Waals surface area contributed by atoms with E-state index < -0.39 is 11.6 Å². The van der Waals surface area contributed by atoms with Crippen molar-refractivity contribution in [2.45, 2.75) is 52.1 Å². The number of hydrogen-bond acceptors (Lipinski definition) is 2. The predicted octanol–water partition coefficient (Wildman–Crippen LogP) is 2.04. The number of aliphatic carboxylic acids is 1. The fourth-order valence-electron chi connectivity index (χ4n) is 1.33. The van der Waals surface area contributed by atoms with Gasteiger partial charge in [0, 0.05) is 0 Å². The second-order valence-corrected chi connectivity index (χ2v) is 3.93. The van der Waals surface area contributed by atoms with Gasteiger partial charge in [0.15, 0.2) is 0 Å². The van der Waals surface area contributed by atoms with E-state index in [1.165, 1.54) is 0 Å². The molecule has 78 valence electrons. The quantitative estimate of drug-likeness (QED) is 0.670. The normalized spacial score (nSPS) is 15.8. The van der Waals surface area contributed by atoms with Crippen LogP contribution in [-0.2, 0) is 4.79 Å². The summed E-state index contributed by atoms with van der Waals surface area (Å²) >= 11 is 0. The summed E-state index contributed by atoms with van der Waals surface area (Å²) in [5.74, 6) is -0.928. The minimum atomic E-state index is -1.03. The van der Waals surface area contributed by atoms with Gasteiger partial charge < -0.3 is 10.2 Å². The number of carboxylic acid groups (broad SMARTS) is 1. The minimum Gasteiger partial charge on any atom is -0.481 e. The Hall–Kier alpha value is -0.570. The summed E-state index contributed by atoms with van der Waals surface area (Å²) in [4.78, 5) is 10.5. The van der Waals surface area contributed by atoms with Gasteiger partial charge in [-0.25, -0.2) is 0 Å². The largest absolute Gasteiger partial charge is 0.481 e. The molecule has 0 fully saturated rings. The summed E-state index contributed by atoms with van der Waals surface area (Å²) in [5.41, 5.74) is -1.03. The van der Waals surface area contributed by atoms with Crippen LogP contribution in [-0.4, -0.2) is 21.8 Å². The first-order valence-corrected chi connectivity index (χ1v) is 4.86. The Balaban J connectivity index is 4.24. The highest BCUT2D eigenvalue weighted by molar-refractivity contribution is 5.68. The van der Waals surface area contributed by atoms with Crippen LogP contribution in [0.3, 0.4) is 0 Å². The molecule has 0 aliphatic rings. The number of hydrogen-bond donors (Lipinski definition) is 2. The van der Waals surface area contributed by atoms with E-state index >= 15 is 0 Å². The molecule has 0 aromatic heterocycles. The van der Waals surface area contributed by atoms with Crippen LogP contribution >= 0.6 is 0 Å². The summed E-state index contributed by atoms with van der Waals surface area (Å²) in [7, 11) is 0. The van der Waals surface area contributed by atoms with E-state index in [4.69, 9.17) is 5.11 Å². The fraction of sp³-hybridized carbons (Fsp3) is 0.900. The molecule has 0 aliphatic heterocycles. The van der Waals surface area contributed by atoms with E-state index in [2.05, 4.69) is 0 Å². The van der Waals surface area contributed by atoms with Gasteiger partial charge >= 0.3 is 5.97 Å². The lowest BCUT2D eigenvalue weighted by molar-refractivity contribution is -0.145. The van der Waals surface area contributed by atoms with Crippen molar-refractivity contribution in [3.05, 3.63) is 0 Å². The van der Waals surface area contributed by atoms with Gasteiger partial charge in [-0.15, -0.1) is 0 Å². The molecule has 1 atom stereocenters. The van der Waals surface area contributed by atoms with E-state index in [1.807, 2.05) is 20.8 Å². The van der Waals surface area contributed by atoms with Gasteiger partial charge in [0.2, 0.25) is 0 Å². The molecule has 0 amide bonds. The van der Waals surface area contributed by atoms with Crippen LogP contribution in [0.2, 0.25) is 0 Å². The number of unbranched alkanes of at least 4 members (excludes halogenated alkanes) is 1. The molecule has 0 heterocycles. The molecule has 0 aromatic carbocycles. The average molecular weight is 188 g/mol. The van der Waals surface area contributed by atoms with Gasteiger partial charge in [0.25, 0.3) is 0 Å². The maximum atomic E-state index is 10.5. The fourth-order valence-corrected chi connectivity index (χ4v) is 1.33. The molecule has 3 heteroatoms. The number of aliphatic hydroxyl groups is 1. The van der Waals surface area contributed by atoms with Gasteiger partial charge in [0.05, 0.1) is 12.0 Å². The number of carbonyl (C=O) groups is 1. The topological polar surface area (TPSA) is 57.5 Å². The molecule has 0 aromatic rings. The average Bonchev–Trinajstić information content (AvgIpc) is 1.99. The van der Waals surface area contributed by atoms with Crippen molar-refractivity contribution >= 4 is 5.97 Å². The van der Waals surface area contributed by atoms with E-state index in [-0.39, 0.29) is 12.3 Å². The van der Waals surface area contributed by atoms with Gasteiger partial charge in [-0.1, -0.05) is 33.6 Å². The summed E-state index contributed by atoms with van der Waals surface area (Å²) in [5, 5.41) is 18.6. The summed E-state index contributed by atoms with van der Waals surface area (Å²) in [6.07, 6.45) is 2.29. The van der Waals surface area contributed by atoms with Crippen molar-refractivity contribution < 1.29 is 15.0 Å². The first-order valence-electron chi connectivity index (χ1n) is 4.86. The van der Waals surface area contributed by atoms with E-state index in [9.17, 15) is 9.90 Å². The first-order chi connectivity index (χ1) is 5.92. The lowest BCUT2D eigenvalue weighted by atomic mass is 9.83. The van der Waals surface area contributed by atoms with Crippen LogP contribution in [0.25, 0.3) is 0 Å². The lowest BCUT2D eigenvalue weighted by Gasteiger charge is -2.30. The lowest BCUT2D eigenvalue weighted by Crippen LogP contribution is -2.37. The third kappa shape index (κ3) is 4.27. The monoisotopic (exact) mass is 188 g/mol. The Kier molecular flexibility index (Phi) is 4.99. The molecule has 2 N–H and O–H groups in total. The molecule has 1 unspecified atom stereocenters. The highest BCUT2D eigenvalue weighted by atomic mass is 16.4. The Morgan fingerprint density at radius 3 is 2.31 bits per heavy atom. The molecular weight excluding hydrogens is 168 g/mol. The SMILES string of the molecule is CCCCC(O)(CC(=O)O)C(C)C. The Morgan fingerprint density at radius 2 is 2.00 bits per heavy atom. The Morgan fingerprint density at radius 1 is 1.46 bits per heavy atom.